The Morgan fingerprint density at radius 3 is 2.86 bits per heavy atom. The van der Waals surface area contributed by atoms with Gasteiger partial charge in [0.1, 0.15) is 6.33 Å². The Bertz CT molecular complexity index is 748. The normalized spacial score (nSPS) is 12.8. The van der Waals surface area contributed by atoms with Crippen LogP contribution in [0.5, 0.6) is 0 Å². The standard InChI is InChI=1S/C17H20N4/c1-4-15-12(3)18-10-20-19-9-16(15)13-5-6-17-14(8-13)7-11(2)21-17/h5-6,8-10,19H,4,7H2,1-3H3,(H,18,20). The third kappa shape index (κ3) is 2.61. The topological polar surface area (TPSA) is 56.8 Å². The number of hydrogen-bond acceptors (Lipinski definition) is 2. The maximum absolute atomic E-state index is 4.56. The van der Waals surface area contributed by atoms with E-state index < -0.39 is 0 Å². The molecule has 1 aliphatic rings. The number of benzene rings is 1. The van der Waals surface area contributed by atoms with Crippen LogP contribution in [0, 0.1) is 6.92 Å². The molecule has 2 N–H and O–H groups in total. The molecule has 0 radical (unpaired) electrons. The molecule has 0 spiro atoms. The quantitative estimate of drug-likeness (QED) is 0.856. The number of nitrogens with one attached hydrogen (secondary N) is 2. The van der Waals surface area contributed by atoms with Crippen LogP contribution in [-0.4, -0.2) is 20.9 Å². The van der Waals surface area contributed by atoms with Crippen LogP contribution < -0.4 is 0 Å². The zero-order valence-electron chi connectivity index (χ0n) is 12.7. The Balaban J connectivity index is 2.17. The van der Waals surface area contributed by atoms with Crippen LogP contribution in [0.15, 0.2) is 35.7 Å². The van der Waals surface area contributed by atoms with Crippen LogP contribution in [0.2, 0.25) is 0 Å². The molecule has 3 rings (SSSR count). The lowest BCUT2D eigenvalue weighted by Crippen LogP contribution is -1.95. The van der Waals surface area contributed by atoms with E-state index in [0.29, 0.717) is 0 Å². The molecule has 0 bridgehead atoms. The number of H-pyrrole nitrogens is 2. The molecule has 0 unspecified atom stereocenters. The van der Waals surface area contributed by atoms with Gasteiger partial charge in [-0.05, 0) is 49.1 Å². The maximum atomic E-state index is 4.56. The zero-order valence-corrected chi connectivity index (χ0v) is 12.7. The van der Waals surface area contributed by atoms with E-state index in [0.717, 1.165) is 24.2 Å². The molecule has 4 nitrogen and oxygen atoms in total. The molecule has 1 aliphatic heterocycles. The number of hydrogen-bond donors (Lipinski definition) is 2. The number of nitrogens with zero attached hydrogens (tertiary/aromatic N) is 2. The minimum absolute atomic E-state index is 0.948. The van der Waals surface area contributed by atoms with Gasteiger partial charge >= 0.3 is 0 Å². The van der Waals surface area contributed by atoms with Gasteiger partial charge in [-0.2, -0.15) is 0 Å². The molecule has 21 heavy (non-hydrogen) atoms. The van der Waals surface area contributed by atoms with Crippen LogP contribution in [0.4, 0.5) is 5.69 Å². The van der Waals surface area contributed by atoms with Gasteiger partial charge in [-0.25, -0.2) is 4.98 Å². The molecule has 0 fully saturated rings. The second-order valence-electron chi connectivity index (χ2n) is 5.39. The molecule has 0 aliphatic carbocycles. The molecule has 4 heteroatoms. The molecule has 2 aromatic rings. The lowest BCUT2D eigenvalue weighted by atomic mass is 9.97. The van der Waals surface area contributed by atoms with Gasteiger partial charge in [-0.1, -0.05) is 13.0 Å². The van der Waals surface area contributed by atoms with Crippen molar-refractivity contribution < 1.29 is 0 Å². The van der Waals surface area contributed by atoms with Crippen molar-refractivity contribution in [3.63, 3.8) is 0 Å². The van der Waals surface area contributed by atoms with E-state index in [4.69, 9.17) is 0 Å². The highest BCUT2D eigenvalue weighted by Gasteiger charge is 2.13. The molecular formula is C17H20N4. The summed E-state index contributed by atoms with van der Waals surface area (Å²) in [6.45, 7) is 6.30. The number of aliphatic imine (C=N–C) groups is 1. The average Bonchev–Trinajstić information content (AvgIpc) is 2.82. The highest BCUT2D eigenvalue weighted by Crippen LogP contribution is 2.32. The van der Waals surface area contributed by atoms with Crippen molar-refractivity contribution in [2.75, 3.05) is 0 Å². The SMILES string of the molecule is CCc1c(-c2ccc3c(c2)CC(C)=N3)c[nH][nH]cnc1C. The second kappa shape index (κ2) is 5.56. The molecule has 108 valence electrons. The summed E-state index contributed by atoms with van der Waals surface area (Å²) in [5.74, 6) is 0. The predicted molar refractivity (Wildman–Crippen MR) is 86.6 cm³/mol. The molecule has 1 aromatic carbocycles. The zero-order chi connectivity index (χ0) is 14.8. The summed E-state index contributed by atoms with van der Waals surface area (Å²) < 4.78 is 0. The van der Waals surface area contributed by atoms with Crippen molar-refractivity contribution in [3.8, 4) is 11.1 Å². The van der Waals surface area contributed by atoms with Crippen LogP contribution in [0.3, 0.4) is 0 Å². The van der Waals surface area contributed by atoms with Gasteiger partial charge in [-0.15, -0.1) is 0 Å². The average molecular weight is 280 g/mol. The van der Waals surface area contributed by atoms with Gasteiger partial charge in [0.15, 0.2) is 0 Å². The van der Waals surface area contributed by atoms with Crippen molar-refractivity contribution in [1.82, 2.24) is 15.2 Å². The summed E-state index contributed by atoms with van der Waals surface area (Å²) in [5.41, 5.74) is 8.29. The highest BCUT2D eigenvalue weighted by atomic mass is 15.1. The number of aromatic nitrogens is 3. The minimum Gasteiger partial charge on any atom is -0.307 e. The molecule has 0 saturated carbocycles. The third-order valence-corrected chi connectivity index (χ3v) is 3.89. The molecular weight excluding hydrogens is 260 g/mol. The largest absolute Gasteiger partial charge is 0.307 e. The summed E-state index contributed by atoms with van der Waals surface area (Å²) in [5, 5.41) is 6.02. The van der Waals surface area contributed by atoms with E-state index in [1.807, 2.05) is 6.20 Å². The van der Waals surface area contributed by atoms with Gasteiger partial charge < -0.3 is 5.10 Å². The Labute approximate surface area is 124 Å². The van der Waals surface area contributed by atoms with Crippen molar-refractivity contribution in [1.29, 1.82) is 0 Å². The Hall–Kier alpha value is -2.36. The van der Waals surface area contributed by atoms with Crippen molar-refractivity contribution in [3.05, 3.63) is 47.5 Å². The fourth-order valence-corrected chi connectivity index (χ4v) is 2.87. The lowest BCUT2D eigenvalue weighted by molar-refractivity contribution is 0.961. The van der Waals surface area contributed by atoms with Crippen LogP contribution in [0.25, 0.3) is 11.1 Å². The first-order valence-electron chi connectivity index (χ1n) is 7.30. The van der Waals surface area contributed by atoms with Crippen LogP contribution >= 0.6 is 0 Å². The fraction of sp³-hybridized carbons (Fsp3) is 0.294. The Kier molecular flexibility index (Phi) is 3.60. The minimum atomic E-state index is 0.948. The van der Waals surface area contributed by atoms with E-state index in [9.17, 15) is 0 Å². The van der Waals surface area contributed by atoms with Gasteiger partial charge in [0.2, 0.25) is 0 Å². The number of aromatic amines is 2. The maximum Gasteiger partial charge on any atom is 0.107 e. The first-order valence-corrected chi connectivity index (χ1v) is 7.30. The predicted octanol–water partition coefficient (Wildman–Crippen LogP) is 4.05. The van der Waals surface area contributed by atoms with Gasteiger partial charge in [-0.3, -0.25) is 10.1 Å². The Morgan fingerprint density at radius 2 is 2.05 bits per heavy atom. The summed E-state index contributed by atoms with van der Waals surface area (Å²) in [4.78, 5) is 8.97. The monoisotopic (exact) mass is 280 g/mol. The van der Waals surface area contributed by atoms with E-state index in [-0.39, 0.29) is 0 Å². The van der Waals surface area contributed by atoms with E-state index >= 15 is 0 Å². The van der Waals surface area contributed by atoms with Crippen molar-refractivity contribution in [2.45, 2.75) is 33.6 Å². The van der Waals surface area contributed by atoms with E-state index in [1.54, 1.807) is 6.33 Å². The van der Waals surface area contributed by atoms with E-state index in [1.165, 1.54) is 28.0 Å². The highest BCUT2D eigenvalue weighted by molar-refractivity contribution is 5.92. The Morgan fingerprint density at radius 1 is 1.19 bits per heavy atom. The molecule has 0 saturated heterocycles. The van der Waals surface area contributed by atoms with E-state index in [2.05, 4.69) is 59.1 Å². The van der Waals surface area contributed by atoms with Crippen LogP contribution in [-0.2, 0) is 12.8 Å². The first-order chi connectivity index (χ1) is 10.2. The van der Waals surface area contributed by atoms with Gasteiger partial charge in [0, 0.05) is 29.6 Å². The summed E-state index contributed by atoms with van der Waals surface area (Å²) in [6.07, 6.45) is 5.59. The third-order valence-electron chi connectivity index (χ3n) is 3.89. The van der Waals surface area contributed by atoms with Crippen molar-refractivity contribution in [2.24, 2.45) is 4.99 Å². The second-order valence-corrected chi connectivity index (χ2v) is 5.39. The van der Waals surface area contributed by atoms with Gasteiger partial charge in [0.25, 0.3) is 0 Å². The van der Waals surface area contributed by atoms with Gasteiger partial charge in [0.05, 0.1) is 5.69 Å². The number of rotatable bonds is 2. The lowest BCUT2D eigenvalue weighted by Gasteiger charge is -2.10. The number of aryl methyl sites for hydroxylation is 1. The molecule has 0 atom stereocenters. The van der Waals surface area contributed by atoms with Crippen molar-refractivity contribution >= 4 is 11.4 Å². The molecule has 2 heterocycles. The van der Waals surface area contributed by atoms with Crippen LogP contribution in [0.1, 0.15) is 30.7 Å². The summed E-state index contributed by atoms with van der Waals surface area (Å²) >= 11 is 0. The smallest absolute Gasteiger partial charge is 0.107 e. The number of fused-ring (bicyclic) bond motifs is 1. The summed E-state index contributed by atoms with van der Waals surface area (Å²) in [7, 11) is 0. The molecule has 1 aromatic heterocycles. The molecule has 0 amide bonds. The first kappa shape index (κ1) is 13.6. The fourth-order valence-electron chi connectivity index (χ4n) is 2.87. The summed E-state index contributed by atoms with van der Waals surface area (Å²) in [6, 6.07) is 6.50.